The van der Waals surface area contributed by atoms with Gasteiger partial charge in [-0.2, -0.15) is 10.4 Å². The van der Waals surface area contributed by atoms with Crippen LogP contribution >= 0.6 is 11.3 Å². The predicted molar refractivity (Wildman–Crippen MR) is 76.0 cm³/mol. The van der Waals surface area contributed by atoms with Crippen LogP contribution in [0, 0.1) is 11.3 Å². The molecule has 3 aromatic rings. The van der Waals surface area contributed by atoms with Crippen LogP contribution in [-0.4, -0.2) is 20.2 Å². The zero-order valence-electron chi connectivity index (χ0n) is 10.4. The third kappa shape index (κ3) is 2.50. The van der Waals surface area contributed by atoms with E-state index < -0.39 is 0 Å². The molecule has 2 N–H and O–H groups in total. The summed E-state index contributed by atoms with van der Waals surface area (Å²) in [6.45, 7) is 0.435. The largest absolute Gasteiger partial charge is 0.362 e. The molecule has 0 aliphatic heterocycles. The van der Waals surface area contributed by atoms with E-state index in [4.69, 9.17) is 5.26 Å². The van der Waals surface area contributed by atoms with Crippen LogP contribution in [0.15, 0.2) is 35.8 Å². The maximum atomic E-state index is 8.98. The van der Waals surface area contributed by atoms with Gasteiger partial charge in [-0.05, 0) is 23.6 Å². The van der Waals surface area contributed by atoms with Crippen molar-refractivity contribution in [2.24, 2.45) is 0 Å². The summed E-state index contributed by atoms with van der Waals surface area (Å²) in [6.07, 6.45) is 1.64. The molecule has 0 aliphatic rings. The molecule has 20 heavy (non-hydrogen) atoms. The molecule has 0 bridgehead atoms. The summed E-state index contributed by atoms with van der Waals surface area (Å²) in [5, 5.41) is 21.1. The van der Waals surface area contributed by atoms with Crippen molar-refractivity contribution in [3.63, 3.8) is 0 Å². The van der Waals surface area contributed by atoms with E-state index in [9.17, 15) is 0 Å². The maximum absolute atomic E-state index is 8.98. The minimum absolute atomic E-state index is 0.435. The Balaban J connectivity index is 1.72. The highest BCUT2D eigenvalue weighted by molar-refractivity contribution is 7.13. The highest BCUT2D eigenvalue weighted by Crippen LogP contribution is 2.20. The molecule has 98 valence electrons. The lowest BCUT2D eigenvalue weighted by Gasteiger charge is -2.03. The van der Waals surface area contributed by atoms with E-state index in [1.54, 1.807) is 29.7 Å². The number of thiophene rings is 1. The first-order valence-electron chi connectivity index (χ1n) is 5.91. The molecule has 0 saturated heterocycles. The number of aromatic nitrogens is 4. The fraction of sp³-hybridized carbons (Fsp3) is 0.0769. The van der Waals surface area contributed by atoms with Crippen molar-refractivity contribution in [1.29, 1.82) is 5.26 Å². The minimum Gasteiger partial charge on any atom is -0.362 e. The third-order valence-electron chi connectivity index (χ3n) is 2.62. The van der Waals surface area contributed by atoms with Gasteiger partial charge in [-0.1, -0.05) is 6.07 Å². The summed E-state index contributed by atoms with van der Waals surface area (Å²) in [5.74, 6) is 1.92. The molecule has 6 nitrogen and oxygen atoms in total. The van der Waals surface area contributed by atoms with Crippen LogP contribution in [0.25, 0.3) is 10.7 Å². The summed E-state index contributed by atoms with van der Waals surface area (Å²) < 4.78 is 0. The monoisotopic (exact) mass is 282 g/mol. The van der Waals surface area contributed by atoms with E-state index in [0.29, 0.717) is 29.6 Å². The number of rotatable bonds is 4. The number of pyridine rings is 1. The van der Waals surface area contributed by atoms with Crippen LogP contribution in [0.2, 0.25) is 0 Å². The Morgan fingerprint density at radius 1 is 1.35 bits per heavy atom. The predicted octanol–water partition coefficient (Wildman–Crippen LogP) is 2.41. The number of H-pyrrole nitrogens is 1. The first-order chi connectivity index (χ1) is 9.86. The van der Waals surface area contributed by atoms with E-state index in [2.05, 4.69) is 31.6 Å². The van der Waals surface area contributed by atoms with Crippen molar-refractivity contribution in [1.82, 2.24) is 20.2 Å². The third-order valence-corrected chi connectivity index (χ3v) is 3.49. The van der Waals surface area contributed by atoms with Gasteiger partial charge in [0.25, 0.3) is 0 Å². The second-order valence-electron chi connectivity index (χ2n) is 3.95. The molecule has 7 heteroatoms. The first-order valence-corrected chi connectivity index (χ1v) is 6.79. The van der Waals surface area contributed by atoms with E-state index in [-0.39, 0.29) is 0 Å². The Morgan fingerprint density at radius 2 is 2.30 bits per heavy atom. The van der Waals surface area contributed by atoms with Crippen LogP contribution in [0.3, 0.4) is 0 Å². The minimum atomic E-state index is 0.435. The van der Waals surface area contributed by atoms with Crippen LogP contribution in [0.4, 0.5) is 5.82 Å². The van der Waals surface area contributed by atoms with Gasteiger partial charge in [0, 0.05) is 6.20 Å². The average Bonchev–Trinajstić information content (AvgIpc) is 3.16. The van der Waals surface area contributed by atoms with Gasteiger partial charge in [0.05, 0.1) is 17.0 Å². The quantitative estimate of drug-likeness (QED) is 0.767. The molecule has 0 spiro atoms. The van der Waals surface area contributed by atoms with Crippen molar-refractivity contribution >= 4 is 17.2 Å². The van der Waals surface area contributed by atoms with Crippen molar-refractivity contribution in [3.05, 3.63) is 47.2 Å². The van der Waals surface area contributed by atoms with Crippen LogP contribution in [0.1, 0.15) is 11.4 Å². The standard InChI is InChI=1S/C13H10N6S/c14-7-9-3-1-5-15-12(9)16-8-11-17-13(19-18-11)10-4-2-6-20-10/h1-6H,8H2,(H,15,16)(H,17,18,19). The SMILES string of the molecule is N#Cc1cccnc1NCc1nc(-c2cccs2)n[nH]1. The Hall–Kier alpha value is -2.72. The normalized spacial score (nSPS) is 10.2. The van der Waals surface area contributed by atoms with Gasteiger partial charge >= 0.3 is 0 Å². The molecule has 3 rings (SSSR count). The van der Waals surface area contributed by atoms with Gasteiger partial charge < -0.3 is 5.32 Å². The molecule has 0 atom stereocenters. The molecule has 0 fully saturated rings. The fourth-order valence-electron chi connectivity index (χ4n) is 1.69. The Kier molecular flexibility index (Phi) is 3.39. The van der Waals surface area contributed by atoms with Crippen molar-refractivity contribution in [2.45, 2.75) is 6.54 Å². The first kappa shape index (κ1) is 12.3. The number of nitrogens with one attached hydrogen (secondary N) is 2. The molecule has 0 saturated carbocycles. The molecule has 0 radical (unpaired) electrons. The molecule has 0 aromatic carbocycles. The smallest absolute Gasteiger partial charge is 0.191 e. The van der Waals surface area contributed by atoms with Crippen LogP contribution < -0.4 is 5.32 Å². The highest BCUT2D eigenvalue weighted by Gasteiger charge is 2.07. The molecule has 0 amide bonds. The number of nitrogens with zero attached hydrogens (tertiary/aromatic N) is 4. The van der Waals surface area contributed by atoms with Gasteiger partial charge in [0.2, 0.25) is 0 Å². The Labute approximate surface area is 119 Å². The second kappa shape index (κ2) is 5.50. The van der Waals surface area contributed by atoms with Gasteiger partial charge in [-0.25, -0.2) is 9.97 Å². The summed E-state index contributed by atoms with van der Waals surface area (Å²) in [6, 6.07) is 9.46. The molecule has 3 aromatic heterocycles. The van der Waals surface area contributed by atoms with Gasteiger partial charge in [-0.15, -0.1) is 11.3 Å². The molecule has 3 heterocycles. The number of aromatic amines is 1. The fourth-order valence-corrected chi connectivity index (χ4v) is 2.35. The van der Waals surface area contributed by atoms with Crippen LogP contribution in [0.5, 0.6) is 0 Å². The molecular formula is C13H10N6S. The van der Waals surface area contributed by atoms with Crippen molar-refractivity contribution < 1.29 is 0 Å². The molecular weight excluding hydrogens is 272 g/mol. The van der Waals surface area contributed by atoms with E-state index in [1.165, 1.54) is 0 Å². The molecule has 0 aliphatic carbocycles. The van der Waals surface area contributed by atoms with Crippen molar-refractivity contribution in [2.75, 3.05) is 5.32 Å². The highest BCUT2D eigenvalue weighted by atomic mass is 32.1. The lowest BCUT2D eigenvalue weighted by Crippen LogP contribution is -2.04. The number of nitriles is 1. The number of hydrogen-bond acceptors (Lipinski definition) is 6. The van der Waals surface area contributed by atoms with Gasteiger partial charge in [-0.3, -0.25) is 5.10 Å². The second-order valence-corrected chi connectivity index (χ2v) is 4.90. The lowest BCUT2D eigenvalue weighted by molar-refractivity contribution is 0.947. The Morgan fingerprint density at radius 3 is 3.10 bits per heavy atom. The van der Waals surface area contributed by atoms with E-state index in [0.717, 1.165) is 4.88 Å². The zero-order chi connectivity index (χ0) is 13.8. The van der Waals surface area contributed by atoms with Crippen molar-refractivity contribution in [3.8, 4) is 16.8 Å². The zero-order valence-corrected chi connectivity index (χ0v) is 11.2. The van der Waals surface area contributed by atoms with Gasteiger partial charge in [0.1, 0.15) is 17.7 Å². The summed E-state index contributed by atoms with van der Waals surface area (Å²) in [4.78, 5) is 9.54. The number of hydrogen-bond donors (Lipinski definition) is 2. The Bertz CT molecular complexity index is 740. The maximum Gasteiger partial charge on any atom is 0.191 e. The van der Waals surface area contributed by atoms with Gasteiger partial charge in [0.15, 0.2) is 5.82 Å². The van der Waals surface area contributed by atoms with E-state index in [1.807, 2.05) is 17.5 Å². The summed E-state index contributed by atoms with van der Waals surface area (Å²) in [7, 11) is 0. The number of anilines is 1. The van der Waals surface area contributed by atoms with Crippen LogP contribution in [-0.2, 0) is 6.54 Å². The topological polar surface area (TPSA) is 90.3 Å². The van der Waals surface area contributed by atoms with E-state index >= 15 is 0 Å². The average molecular weight is 282 g/mol. The molecule has 0 unspecified atom stereocenters. The summed E-state index contributed by atoms with van der Waals surface area (Å²) in [5.41, 5.74) is 0.505. The summed E-state index contributed by atoms with van der Waals surface area (Å²) >= 11 is 1.59. The lowest BCUT2D eigenvalue weighted by atomic mass is 10.3.